The van der Waals surface area contributed by atoms with Gasteiger partial charge in [0.1, 0.15) is 16.1 Å². The molecule has 1 unspecified atom stereocenters. The van der Waals surface area contributed by atoms with E-state index in [9.17, 15) is 0 Å². The second-order valence-corrected chi connectivity index (χ2v) is 6.20. The maximum absolute atomic E-state index is 6.39. The second kappa shape index (κ2) is 5.35. The number of hydrogen-bond acceptors (Lipinski definition) is 4. The van der Waals surface area contributed by atoms with E-state index in [1.165, 1.54) is 16.9 Å². The molecule has 1 aliphatic rings. The SMILES string of the molecule is CCOC(CC)c1nc(Cl)c2c3c(sc2n1)CCC3. The summed E-state index contributed by atoms with van der Waals surface area (Å²) < 4.78 is 5.68. The van der Waals surface area contributed by atoms with E-state index in [4.69, 9.17) is 16.3 Å². The smallest absolute Gasteiger partial charge is 0.160 e. The van der Waals surface area contributed by atoms with Gasteiger partial charge in [-0.2, -0.15) is 0 Å². The molecule has 1 aliphatic carbocycles. The fourth-order valence-corrected chi connectivity index (χ4v) is 4.30. The van der Waals surface area contributed by atoms with Gasteiger partial charge in [0.2, 0.25) is 0 Å². The Morgan fingerprint density at radius 2 is 2.16 bits per heavy atom. The molecule has 0 spiro atoms. The fourth-order valence-electron chi connectivity index (χ4n) is 2.69. The molecule has 19 heavy (non-hydrogen) atoms. The predicted octanol–water partition coefficient (Wildman–Crippen LogP) is 4.32. The molecule has 0 saturated heterocycles. The van der Waals surface area contributed by atoms with E-state index >= 15 is 0 Å². The molecule has 5 heteroatoms. The molecule has 2 aromatic rings. The Labute approximate surface area is 122 Å². The molecule has 102 valence electrons. The Balaban J connectivity index is 2.10. The predicted molar refractivity (Wildman–Crippen MR) is 79.1 cm³/mol. The van der Waals surface area contributed by atoms with Crippen LogP contribution < -0.4 is 0 Å². The molecule has 0 bridgehead atoms. The van der Waals surface area contributed by atoms with Crippen LogP contribution in [0.4, 0.5) is 0 Å². The number of aromatic nitrogens is 2. The van der Waals surface area contributed by atoms with E-state index in [0.29, 0.717) is 11.8 Å². The highest BCUT2D eigenvalue weighted by molar-refractivity contribution is 7.19. The Bertz CT molecular complexity index is 611. The molecule has 0 fully saturated rings. The summed E-state index contributed by atoms with van der Waals surface area (Å²) in [5.74, 6) is 0.724. The van der Waals surface area contributed by atoms with Gasteiger partial charge in [-0.15, -0.1) is 11.3 Å². The van der Waals surface area contributed by atoms with Gasteiger partial charge >= 0.3 is 0 Å². The second-order valence-electron chi connectivity index (χ2n) is 4.76. The average Bonchev–Trinajstić information content (AvgIpc) is 2.95. The Morgan fingerprint density at radius 3 is 2.89 bits per heavy atom. The van der Waals surface area contributed by atoms with Crippen molar-refractivity contribution in [3.8, 4) is 0 Å². The Hall–Kier alpha value is -0.710. The standard InChI is InChI=1S/C14H17ClN2OS/c1-3-9(18-4-2)13-16-12(15)11-8-6-5-7-10(8)19-14(11)17-13/h9H,3-7H2,1-2H3. The van der Waals surface area contributed by atoms with Crippen LogP contribution in [0.3, 0.4) is 0 Å². The Morgan fingerprint density at radius 1 is 1.32 bits per heavy atom. The van der Waals surface area contributed by atoms with Crippen molar-refractivity contribution in [2.75, 3.05) is 6.61 Å². The molecule has 3 rings (SSSR count). The van der Waals surface area contributed by atoms with E-state index in [-0.39, 0.29) is 6.10 Å². The summed E-state index contributed by atoms with van der Waals surface area (Å²) in [4.78, 5) is 11.6. The first-order valence-corrected chi connectivity index (χ1v) is 8.03. The summed E-state index contributed by atoms with van der Waals surface area (Å²) in [6.07, 6.45) is 4.31. The summed E-state index contributed by atoms with van der Waals surface area (Å²) in [6.45, 7) is 4.73. The third-order valence-corrected chi connectivity index (χ3v) is 5.02. The summed E-state index contributed by atoms with van der Waals surface area (Å²) >= 11 is 8.16. The number of aryl methyl sites for hydroxylation is 2. The highest BCUT2D eigenvalue weighted by Gasteiger charge is 2.23. The van der Waals surface area contributed by atoms with Crippen LogP contribution in [0.5, 0.6) is 0 Å². The molecule has 1 atom stereocenters. The zero-order valence-corrected chi connectivity index (χ0v) is 12.8. The van der Waals surface area contributed by atoms with Crippen LogP contribution in [0, 0.1) is 0 Å². The molecule has 0 aliphatic heterocycles. The van der Waals surface area contributed by atoms with Crippen molar-refractivity contribution in [2.45, 2.75) is 45.6 Å². The van der Waals surface area contributed by atoms with Crippen LogP contribution in [0.15, 0.2) is 0 Å². The van der Waals surface area contributed by atoms with Gasteiger partial charge in [-0.3, -0.25) is 0 Å². The van der Waals surface area contributed by atoms with Crippen LogP contribution in [-0.2, 0) is 17.6 Å². The number of fused-ring (bicyclic) bond motifs is 3. The third-order valence-electron chi connectivity index (χ3n) is 3.56. The molecule has 2 aromatic heterocycles. The molecule has 0 saturated carbocycles. The molecule has 2 heterocycles. The van der Waals surface area contributed by atoms with Gasteiger partial charge in [-0.1, -0.05) is 18.5 Å². The quantitative estimate of drug-likeness (QED) is 0.788. The average molecular weight is 297 g/mol. The lowest BCUT2D eigenvalue weighted by molar-refractivity contribution is 0.0538. The van der Waals surface area contributed by atoms with Gasteiger partial charge in [-0.05, 0) is 38.2 Å². The molecule has 0 amide bonds. The summed E-state index contributed by atoms with van der Waals surface area (Å²) in [7, 11) is 0. The highest BCUT2D eigenvalue weighted by atomic mass is 35.5. The summed E-state index contributed by atoms with van der Waals surface area (Å²) in [6, 6.07) is 0. The lowest BCUT2D eigenvalue weighted by Gasteiger charge is -2.13. The zero-order chi connectivity index (χ0) is 13.4. The minimum Gasteiger partial charge on any atom is -0.371 e. The van der Waals surface area contributed by atoms with E-state index in [1.807, 2.05) is 6.92 Å². The fraction of sp³-hybridized carbons (Fsp3) is 0.571. The van der Waals surface area contributed by atoms with E-state index in [1.54, 1.807) is 11.3 Å². The van der Waals surface area contributed by atoms with Crippen LogP contribution >= 0.6 is 22.9 Å². The minimum atomic E-state index is -0.0520. The Kier molecular flexibility index (Phi) is 3.74. The first kappa shape index (κ1) is 13.3. The normalized spacial score (nSPS) is 15.9. The number of hydrogen-bond donors (Lipinski definition) is 0. The van der Waals surface area contributed by atoms with E-state index in [0.717, 1.165) is 35.3 Å². The molecular weight excluding hydrogens is 280 g/mol. The van der Waals surface area contributed by atoms with E-state index in [2.05, 4.69) is 16.9 Å². The lowest BCUT2D eigenvalue weighted by atomic mass is 10.2. The maximum Gasteiger partial charge on any atom is 0.160 e. The van der Waals surface area contributed by atoms with Crippen LogP contribution in [0.1, 0.15) is 49.1 Å². The van der Waals surface area contributed by atoms with Crippen LogP contribution in [-0.4, -0.2) is 16.6 Å². The van der Waals surface area contributed by atoms with Crippen molar-refractivity contribution in [1.82, 2.24) is 9.97 Å². The number of thiophene rings is 1. The molecule has 0 aromatic carbocycles. The third kappa shape index (κ3) is 2.26. The van der Waals surface area contributed by atoms with Crippen molar-refractivity contribution in [3.63, 3.8) is 0 Å². The topological polar surface area (TPSA) is 35.0 Å². The van der Waals surface area contributed by atoms with Crippen molar-refractivity contribution < 1.29 is 4.74 Å². The van der Waals surface area contributed by atoms with Crippen LogP contribution in [0.25, 0.3) is 10.2 Å². The van der Waals surface area contributed by atoms with Gasteiger partial charge < -0.3 is 4.74 Å². The van der Waals surface area contributed by atoms with Crippen molar-refractivity contribution in [3.05, 3.63) is 21.4 Å². The van der Waals surface area contributed by atoms with Gasteiger partial charge in [0.05, 0.1) is 5.39 Å². The first-order valence-electron chi connectivity index (χ1n) is 6.83. The van der Waals surface area contributed by atoms with Gasteiger partial charge in [-0.25, -0.2) is 9.97 Å². The lowest BCUT2D eigenvalue weighted by Crippen LogP contribution is -2.08. The van der Waals surface area contributed by atoms with Gasteiger partial charge in [0, 0.05) is 11.5 Å². The first-order chi connectivity index (χ1) is 9.24. The number of rotatable bonds is 4. The zero-order valence-electron chi connectivity index (χ0n) is 11.2. The van der Waals surface area contributed by atoms with Crippen LogP contribution in [0.2, 0.25) is 5.15 Å². The van der Waals surface area contributed by atoms with Crippen molar-refractivity contribution in [2.24, 2.45) is 0 Å². The largest absolute Gasteiger partial charge is 0.371 e. The van der Waals surface area contributed by atoms with E-state index < -0.39 is 0 Å². The summed E-state index contributed by atoms with van der Waals surface area (Å²) in [5, 5.41) is 1.67. The number of halogens is 1. The minimum absolute atomic E-state index is 0.0520. The van der Waals surface area contributed by atoms with Gasteiger partial charge in [0.25, 0.3) is 0 Å². The monoisotopic (exact) mass is 296 g/mol. The van der Waals surface area contributed by atoms with Crippen molar-refractivity contribution >= 4 is 33.2 Å². The number of nitrogens with zero attached hydrogens (tertiary/aromatic N) is 2. The van der Waals surface area contributed by atoms with Gasteiger partial charge in [0.15, 0.2) is 5.82 Å². The molecule has 0 radical (unpaired) electrons. The molecule has 0 N–H and O–H groups in total. The number of ether oxygens (including phenoxy) is 1. The molecular formula is C14H17ClN2OS. The summed E-state index contributed by atoms with van der Waals surface area (Å²) in [5.41, 5.74) is 1.38. The highest BCUT2D eigenvalue weighted by Crippen LogP contribution is 2.39. The van der Waals surface area contributed by atoms with Crippen molar-refractivity contribution in [1.29, 1.82) is 0 Å². The molecule has 3 nitrogen and oxygen atoms in total. The maximum atomic E-state index is 6.39.